The Bertz CT molecular complexity index is 436. The van der Waals surface area contributed by atoms with Crippen LogP contribution in [0, 0.1) is 5.92 Å². The van der Waals surface area contributed by atoms with Gasteiger partial charge in [-0.1, -0.05) is 5.16 Å². The Morgan fingerprint density at radius 2 is 2.24 bits per heavy atom. The van der Waals surface area contributed by atoms with E-state index in [0.29, 0.717) is 18.2 Å². The fourth-order valence-electron chi connectivity index (χ4n) is 2.08. The minimum absolute atomic E-state index is 0.0830. The smallest absolute Gasteiger partial charge is 0.330 e. The Balaban J connectivity index is 1.70. The number of ether oxygens (including phenoxy) is 1. The molecular weight excluding hydrogens is 294 g/mol. The van der Waals surface area contributed by atoms with Crippen molar-refractivity contribution in [2.75, 3.05) is 19.7 Å². The molecule has 5 nitrogen and oxygen atoms in total. The lowest BCUT2D eigenvalue weighted by molar-refractivity contribution is -0.168. The maximum atomic E-state index is 12.6. The van der Waals surface area contributed by atoms with Crippen molar-refractivity contribution in [3.05, 3.63) is 11.7 Å². The van der Waals surface area contributed by atoms with Crippen LogP contribution >= 0.6 is 0 Å². The van der Waals surface area contributed by atoms with Gasteiger partial charge in [0.2, 0.25) is 5.89 Å². The molecule has 1 unspecified atom stereocenters. The van der Waals surface area contributed by atoms with E-state index >= 15 is 0 Å². The Labute approximate surface area is 119 Å². The van der Waals surface area contributed by atoms with Gasteiger partial charge in [-0.05, 0) is 31.8 Å². The SMILES string of the molecule is FC(F)C(F)(F)COCc1noc(CCC2CCNC2)n1. The number of aromatic nitrogens is 2. The van der Waals surface area contributed by atoms with E-state index in [4.69, 9.17) is 4.52 Å². The van der Waals surface area contributed by atoms with Crippen LogP contribution in [0.15, 0.2) is 4.52 Å². The second-order valence-electron chi connectivity index (χ2n) is 5.06. The minimum Gasteiger partial charge on any atom is -0.367 e. The maximum absolute atomic E-state index is 12.6. The van der Waals surface area contributed by atoms with E-state index in [-0.39, 0.29) is 12.4 Å². The minimum atomic E-state index is -4.16. The summed E-state index contributed by atoms with van der Waals surface area (Å²) in [4.78, 5) is 3.98. The van der Waals surface area contributed by atoms with Gasteiger partial charge in [-0.2, -0.15) is 13.8 Å². The number of nitrogens with zero attached hydrogens (tertiary/aromatic N) is 2. The molecule has 1 fully saturated rings. The molecule has 1 aliphatic heterocycles. The fraction of sp³-hybridized carbons (Fsp3) is 0.833. The maximum Gasteiger partial charge on any atom is 0.330 e. The van der Waals surface area contributed by atoms with Crippen LogP contribution in [0.5, 0.6) is 0 Å². The third-order valence-corrected chi connectivity index (χ3v) is 3.28. The molecule has 0 radical (unpaired) electrons. The van der Waals surface area contributed by atoms with E-state index < -0.39 is 19.0 Å². The van der Waals surface area contributed by atoms with Crippen molar-refractivity contribution < 1.29 is 26.8 Å². The summed E-state index contributed by atoms with van der Waals surface area (Å²) in [6, 6.07) is 0. The van der Waals surface area contributed by atoms with Gasteiger partial charge < -0.3 is 14.6 Å². The van der Waals surface area contributed by atoms with Crippen LogP contribution in [0.25, 0.3) is 0 Å². The predicted molar refractivity (Wildman–Crippen MR) is 64.2 cm³/mol. The van der Waals surface area contributed by atoms with Crippen molar-refractivity contribution in [2.45, 2.75) is 38.2 Å². The zero-order valence-corrected chi connectivity index (χ0v) is 11.3. The van der Waals surface area contributed by atoms with E-state index in [9.17, 15) is 17.6 Å². The van der Waals surface area contributed by atoms with Crippen molar-refractivity contribution in [1.82, 2.24) is 15.5 Å². The molecule has 0 aromatic carbocycles. The van der Waals surface area contributed by atoms with Gasteiger partial charge in [0.05, 0.1) is 0 Å². The molecule has 9 heteroatoms. The first-order valence-corrected chi connectivity index (χ1v) is 6.73. The normalized spacial score (nSPS) is 19.6. The molecule has 0 amide bonds. The zero-order chi connectivity index (χ0) is 15.3. The molecule has 1 aliphatic rings. The van der Waals surface area contributed by atoms with E-state index in [2.05, 4.69) is 20.2 Å². The summed E-state index contributed by atoms with van der Waals surface area (Å²) in [7, 11) is 0. The topological polar surface area (TPSA) is 60.2 Å². The lowest BCUT2D eigenvalue weighted by atomic mass is 10.0. The van der Waals surface area contributed by atoms with Gasteiger partial charge in [0.25, 0.3) is 0 Å². The first-order valence-electron chi connectivity index (χ1n) is 6.73. The molecule has 0 saturated carbocycles. The molecule has 120 valence electrons. The van der Waals surface area contributed by atoms with Crippen LogP contribution in [0.2, 0.25) is 0 Å². The number of nitrogens with one attached hydrogen (secondary N) is 1. The summed E-state index contributed by atoms with van der Waals surface area (Å²) in [5.41, 5.74) is 0. The molecule has 21 heavy (non-hydrogen) atoms. The molecule has 0 spiro atoms. The Hall–Kier alpha value is -1.22. The Kier molecular flexibility index (Phi) is 5.51. The number of hydrogen-bond donors (Lipinski definition) is 1. The van der Waals surface area contributed by atoms with Crippen LogP contribution in [0.3, 0.4) is 0 Å². The van der Waals surface area contributed by atoms with Gasteiger partial charge in [0, 0.05) is 6.42 Å². The van der Waals surface area contributed by atoms with Crippen LogP contribution < -0.4 is 5.32 Å². The summed E-state index contributed by atoms with van der Waals surface area (Å²) >= 11 is 0. The largest absolute Gasteiger partial charge is 0.367 e. The highest BCUT2D eigenvalue weighted by molar-refractivity contribution is 4.86. The predicted octanol–water partition coefficient (Wildman–Crippen LogP) is 2.03. The average molecular weight is 311 g/mol. The quantitative estimate of drug-likeness (QED) is 0.744. The van der Waals surface area contributed by atoms with Gasteiger partial charge in [0.1, 0.15) is 13.2 Å². The summed E-state index contributed by atoms with van der Waals surface area (Å²) in [6.07, 6.45) is -1.14. The zero-order valence-electron chi connectivity index (χ0n) is 11.3. The highest BCUT2D eigenvalue weighted by atomic mass is 19.3. The number of alkyl halides is 4. The van der Waals surface area contributed by atoms with Crippen LogP contribution in [-0.2, 0) is 17.8 Å². The van der Waals surface area contributed by atoms with Crippen molar-refractivity contribution in [1.29, 1.82) is 0 Å². The summed E-state index contributed by atoms with van der Waals surface area (Å²) in [5, 5.41) is 6.81. The lowest BCUT2D eigenvalue weighted by Crippen LogP contribution is -2.32. The molecule has 1 atom stereocenters. The molecule has 1 aromatic rings. The number of halogens is 4. The third kappa shape index (κ3) is 4.92. The van der Waals surface area contributed by atoms with Crippen LogP contribution in [0.1, 0.15) is 24.6 Å². The van der Waals surface area contributed by atoms with Gasteiger partial charge in [-0.3, -0.25) is 0 Å². The molecule has 2 rings (SSSR count). The monoisotopic (exact) mass is 311 g/mol. The van der Waals surface area contributed by atoms with E-state index in [0.717, 1.165) is 25.9 Å². The van der Waals surface area contributed by atoms with E-state index in [1.165, 1.54) is 0 Å². The summed E-state index contributed by atoms with van der Waals surface area (Å²) in [6.45, 7) is 0.220. The number of hydrogen-bond acceptors (Lipinski definition) is 5. The average Bonchev–Trinajstić information content (AvgIpc) is 3.07. The highest BCUT2D eigenvalue weighted by Gasteiger charge is 2.41. The standard InChI is InChI=1S/C12H17F4N3O2/c13-11(14)12(15,16)7-20-6-9-18-10(21-19-9)2-1-8-3-4-17-5-8/h8,11,17H,1-7H2. The fourth-order valence-corrected chi connectivity index (χ4v) is 2.08. The first kappa shape index (κ1) is 16.2. The van der Waals surface area contributed by atoms with Crippen molar-refractivity contribution in [2.24, 2.45) is 5.92 Å². The third-order valence-electron chi connectivity index (χ3n) is 3.28. The van der Waals surface area contributed by atoms with E-state index in [1.807, 2.05) is 0 Å². The summed E-state index contributed by atoms with van der Waals surface area (Å²) in [5.74, 6) is -3.11. The summed E-state index contributed by atoms with van der Waals surface area (Å²) < 4.78 is 58.5. The van der Waals surface area contributed by atoms with Gasteiger partial charge in [-0.15, -0.1) is 0 Å². The van der Waals surface area contributed by atoms with Gasteiger partial charge >= 0.3 is 12.3 Å². The molecule has 1 N–H and O–H groups in total. The van der Waals surface area contributed by atoms with Crippen molar-refractivity contribution in [3.8, 4) is 0 Å². The molecular formula is C12H17F4N3O2. The number of rotatable bonds is 8. The highest BCUT2D eigenvalue weighted by Crippen LogP contribution is 2.23. The lowest BCUT2D eigenvalue weighted by Gasteiger charge is -2.14. The molecule has 0 bridgehead atoms. The Morgan fingerprint density at radius 1 is 1.43 bits per heavy atom. The van der Waals surface area contributed by atoms with Gasteiger partial charge in [0.15, 0.2) is 5.82 Å². The Morgan fingerprint density at radius 3 is 2.90 bits per heavy atom. The van der Waals surface area contributed by atoms with Crippen molar-refractivity contribution >= 4 is 0 Å². The van der Waals surface area contributed by atoms with Crippen LogP contribution in [0.4, 0.5) is 17.6 Å². The molecule has 0 aliphatic carbocycles. The molecule has 1 aromatic heterocycles. The number of aryl methyl sites for hydroxylation is 1. The molecule has 2 heterocycles. The van der Waals surface area contributed by atoms with Crippen molar-refractivity contribution in [3.63, 3.8) is 0 Å². The van der Waals surface area contributed by atoms with Crippen LogP contribution in [-0.4, -0.2) is 42.2 Å². The molecule has 1 saturated heterocycles. The van der Waals surface area contributed by atoms with Gasteiger partial charge in [-0.25, -0.2) is 8.78 Å². The van der Waals surface area contributed by atoms with E-state index in [1.54, 1.807) is 0 Å². The second kappa shape index (κ2) is 7.17. The first-order chi connectivity index (χ1) is 9.97. The second-order valence-corrected chi connectivity index (χ2v) is 5.06.